The number of carbonyl (C=O) groups excluding carboxylic acids is 1. The molecule has 2 aliphatic heterocycles. The summed E-state index contributed by atoms with van der Waals surface area (Å²) in [6.45, 7) is 2.67. The number of benzene rings is 2. The van der Waals surface area contributed by atoms with Gasteiger partial charge in [0.1, 0.15) is 24.2 Å². The summed E-state index contributed by atoms with van der Waals surface area (Å²) >= 11 is 0. The van der Waals surface area contributed by atoms with Crippen molar-refractivity contribution in [3.8, 4) is 0 Å². The molecule has 0 bridgehead atoms. The van der Waals surface area contributed by atoms with Crippen molar-refractivity contribution in [1.29, 1.82) is 0 Å². The maximum Gasteiger partial charge on any atom is 0.320 e. The average molecular weight is 396 g/mol. The molecule has 2 heterocycles. The molecule has 2 aromatic rings. The number of carboxylic acid groups (broad SMARTS) is 1. The SMILES string of the molecule is CCC[C@H](NCc1ccc2c(c1)CO/C2=C1/C(=O)Nc2ccc(F)cc21)C(=O)O. The third-order valence-electron chi connectivity index (χ3n) is 5.17. The van der Waals surface area contributed by atoms with Crippen LogP contribution in [-0.4, -0.2) is 23.0 Å². The van der Waals surface area contributed by atoms with Crippen LogP contribution in [0.2, 0.25) is 0 Å². The van der Waals surface area contributed by atoms with Crippen LogP contribution in [0.3, 0.4) is 0 Å². The van der Waals surface area contributed by atoms with Crippen molar-refractivity contribution >= 4 is 28.9 Å². The number of fused-ring (bicyclic) bond motifs is 2. The van der Waals surface area contributed by atoms with Crippen LogP contribution in [0, 0.1) is 5.82 Å². The van der Waals surface area contributed by atoms with E-state index in [-0.39, 0.29) is 5.91 Å². The molecular formula is C22H21FN2O4. The molecule has 0 unspecified atom stereocenters. The van der Waals surface area contributed by atoms with Crippen molar-refractivity contribution in [3.63, 3.8) is 0 Å². The first-order valence-electron chi connectivity index (χ1n) is 9.54. The quantitative estimate of drug-likeness (QED) is 0.651. The Morgan fingerprint density at radius 2 is 2.10 bits per heavy atom. The van der Waals surface area contributed by atoms with Gasteiger partial charge in [-0.1, -0.05) is 31.5 Å². The molecule has 1 amide bonds. The normalized spacial score (nSPS) is 18.1. The van der Waals surface area contributed by atoms with Crippen molar-refractivity contribution in [2.75, 3.05) is 5.32 Å². The van der Waals surface area contributed by atoms with Crippen molar-refractivity contribution in [2.24, 2.45) is 0 Å². The predicted molar refractivity (Wildman–Crippen MR) is 106 cm³/mol. The second-order valence-corrected chi connectivity index (χ2v) is 7.19. The van der Waals surface area contributed by atoms with Gasteiger partial charge in [0.15, 0.2) is 0 Å². The first-order valence-corrected chi connectivity index (χ1v) is 9.54. The number of ether oxygens (including phenoxy) is 1. The minimum atomic E-state index is -0.860. The van der Waals surface area contributed by atoms with Crippen LogP contribution < -0.4 is 10.6 Å². The van der Waals surface area contributed by atoms with Crippen molar-refractivity contribution in [3.05, 3.63) is 64.5 Å². The summed E-state index contributed by atoms with van der Waals surface area (Å²) in [4.78, 5) is 23.8. The molecule has 1 atom stereocenters. The zero-order chi connectivity index (χ0) is 20.5. The van der Waals surface area contributed by atoms with Crippen LogP contribution in [0.1, 0.15) is 42.0 Å². The smallest absolute Gasteiger partial charge is 0.320 e. The van der Waals surface area contributed by atoms with Crippen molar-refractivity contribution in [2.45, 2.75) is 39.0 Å². The Morgan fingerprint density at radius 1 is 1.28 bits per heavy atom. The number of nitrogens with one attached hydrogen (secondary N) is 2. The number of carbonyl (C=O) groups is 2. The fraction of sp³-hybridized carbons (Fsp3) is 0.273. The average Bonchev–Trinajstić information content (AvgIpc) is 3.23. The summed E-state index contributed by atoms with van der Waals surface area (Å²) in [5, 5.41) is 15.1. The Kier molecular flexibility index (Phi) is 5.07. The summed E-state index contributed by atoms with van der Waals surface area (Å²) in [6, 6.07) is 9.27. The lowest BCUT2D eigenvalue weighted by Crippen LogP contribution is -2.36. The van der Waals surface area contributed by atoms with E-state index in [1.807, 2.05) is 25.1 Å². The first-order chi connectivity index (χ1) is 14.0. The monoisotopic (exact) mass is 396 g/mol. The van der Waals surface area contributed by atoms with Gasteiger partial charge in [-0.3, -0.25) is 9.59 Å². The first kappa shape index (κ1) is 19.1. The van der Waals surface area contributed by atoms with Gasteiger partial charge in [-0.25, -0.2) is 4.39 Å². The van der Waals surface area contributed by atoms with Crippen LogP contribution in [-0.2, 0) is 27.5 Å². The molecule has 0 radical (unpaired) electrons. The lowest BCUT2D eigenvalue weighted by molar-refractivity contribution is -0.139. The summed E-state index contributed by atoms with van der Waals surface area (Å²) in [5.74, 6) is -1.15. The van der Waals surface area contributed by atoms with Gasteiger partial charge in [-0.2, -0.15) is 0 Å². The fourth-order valence-corrected chi connectivity index (χ4v) is 3.74. The Hall–Kier alpha value is -3.19. The third-order valence-corrected chi connectivity index (χ3v) is 5.17. The van der Waals surface area contributed by atoms with E-state index in [9.17, 15) is 19.1 Å². The maximum absolute atomic E-state index is 13.7. The van der Waals surface area contributed by atoms with E-state index in [2.05, 4.69) is 10.6 Å². The van der Waals surface area contributed by atoms with Gasteiger partial charge in [0.05, 0.1) is 5.57 Å². The second-order valence-electron chi connectivity index (χ2n) is 7.19. The highest BCUT2D eigenvalue weighted by Gasteiger charge is 2.32. The minimum Gasteiger partial charge on any atom is -0.487 e. The van der Waals surface area contributed by atoms with E-state index >= 15 is 0 Å². The number of halogens is 1. The largest absolute Gasteiger partial charge is 0.487 e. The Morgan fingerprint density at radius 3 is 2.86 bits per heavy atom. The summed E-state index contributed by atoms with van der Waals surface area (Å²) in [7, 11) is 0. The minimum absolute atomic E-state index is 0.303. The van der Waals surface area contributed by atoms with E-state index in [1.54, 1.807) is 0 Å². The molecule has 0 saturated carbocycles. The number of rotatable bonds is 6. The van der Waals surface area contributed by atoms with Crippen LogP contribution in [0.4, 0.5) is 10.1 Å². The third kappa shape index (κ3) is 3.61. The molecule has 0 spiro atoms. The van der Waals surface area contributed by atoms with Crippen molar-refractivity contribution < 1.29 is 23.8 Å². The Bertz CT molecular complexity index is 1030. The molecular weight excluding hydrogens is 375 g/mol. The molecule has 6 nitrogen and oxygen atoms in total. The van der Waals surface area contributed by atoms with Gasteiger partial charge in [0.2, 0.25) is 0 Å². The number of amides is 1. The van der Waals surface area contributed by atoms with E-state index in [1.165, 1.54) is 18.2 Å². The molecule has 7 heteroatoms. The van der Waals surface area contributed by atoms with Crippen molar-refractivity contribution in [1.82, 2.24) is 5.32 Å². The van der Waals surface area contributed by atoms with Gasteiger partial charge in [-0.05, 0) is 30.2 Å². The van der Waals surface area contributed by atoms with Crippen LogP contribution >= 0.6 is 0 Å². The molecule has 3 N–H and O–H groups in total. The van der Waals surface area contributed by atoms with Gasteiger partial charge in [0, 0.05) is 28.9 Å². The standard InChI is InChI=1S/C22H21FN2O4/c1-2-3-18(22(27)28)24-10-12-4-6-15-13(8-12)11-29-20(15)19-16-9-14(23)5-7-17(16)25-21(19)26/h4-9,18,24H,2-3,10-11H2,1H3,(H,25,26)(H,27,28)/b20-19+/t18-/m0/s1. The highest BCUT2D eigenvalue weighted by Crippen LogP contribution is 2.41. The number of hydrogen-bond donors (Lipinski definition) is 3. The molecule has 0 aliphatic carbocycles. The highest BCUT2D eigenvalue weighted by atomic mass is 19.1. The van der Waals surface area contributed by atoms with Crippen LogP contribution in [0.15, 0.2) is 36.4 Å². The lowest BCUT2D eigenvalue weighted by atomic mass is 9.99. The molecule has 0 fully saturated rings. The van der Waals surface area contributed by atoms with E-state index in [0.29, 0.717) is 42.2 Å². The van der Waals surface area contributed by atoms with Crippen LogP contribution in [0.25, 0.3) is 11.3 Å². The number of hydrogen-bond acceptors (Lipinski definition) is 4. The molecule has 150 valence electrons. The molecule has 2 aliphatic rings. The van der Waals surface area contributed by atoms with Gasteiger partial charge in [-0.15, -0.1) is 0 Å². The van der Waals surface area contributed by atoms with Gasteiger partial charge < -0.3 is 20.5 Å². The number of aliphatic carboxylic acids is 1. The van der Waals surface area contributed by atoms with E-state index in [4.69, 9.17) is 4.74 Å². The van der Waals surface area contributed by atoms with Gasteiger partial charge >= 0.3 is 5.97 Å². The Balaban J connectivity index is 1.61. The molecule has 4 rings (SSSR count). The Labute approximate surface area is 167 Å². The van der Waals surface area contributed by atoms with Crippen LogP contribution in [0.5, 0.6) is 0 Å². The second kappa shape index (κ2) is 7.67. The molecule has 0 saturated heterocycles. The topological polar surface area (TPSA) is 87.7 Å². The number of carboxylic acids is 1. The van der Waals surface area contributed by atoms with Gasteiger partial charge in [0.25, 0.3) is 5.91 Å². The summed E-state index contributed by atoms with van der Waals surface area (Å²) < 4.78 is 19.5. The predicted octanol–water partition coefficient (Wildman–Crippen LogP) is 3.52. The van der Waals surface area contributed by atoms with E-state index < -0.39 is 17.8 Å². The highest BCUT2D eigenvalue weighted by molar-refractivity contribution is 6.36. The fourth-order valence-electron chi connectivity index (χ4n) is 3.74. The summed E-state index contributed by atoms with van der Waals surface area (Å²) in [5.41, 5.74) is 4.02. The maximum atomic E-state index is 13.7. The molecule has 29 heavy (non-hydrogen) atoms. The molecule has 2 aromatic carbocycles. The molecule has 0 aromatic heterocycles. The number of anilines is 1. The lowest BCUT2D eigenvalue weighted by Gasteiger charge is -2.13. The summed E-state index contributed by atoms with van der Waals surface area (Å²) in [6.07, 6.45) is 1.34. The zero-order valence-corrected chi connectivity index (χ0v) is 15.9. The zero-order valence-electron chi connectivity index (χ0n) is 15.9. The van der Waals surface area contributed by atoms with E-state index in [0.717, 1.165) is 23.1 Å².